The largest absolute Gasteiger partial charge is 0.492 e. The highest BCUT2D eigenvalue weighted by molar-refractivity contribution is 6.58. The molecule has 1 rings (SSSR count). The molecule has 0 aliphatic rings. The summed E-state index contributed by atoms with van der Waals surface area (Å²) in [6.45, 7) is -4.52. The predicted molar refractivity (Wildman–Crippen MR) is 49.6 cm³/mol. The minimum atomic E-state index is -4.75. The van der Waals surface area contributed by atoms with Crippen LogP contribution in [0, 0.1) is 0 Å². The van der Waals surface area contributed by atoms with Crippen LogP contribution < -0.4 is 0 Å². The molecule has 78 valence electrons. The van der Waals surface area contributed by atoms with Gasteiger partial charge in [0.2, 0.25) is 0 Å². The summed E-state index contributed by atoms with van der Waals surface area (Å²) in [4.78, 5) is 5.16. The molecule has 0 N–H and O–H groups in total. The van der Waals surface area contributed by atoms with Gasteiger partial charge in [0.25, 0.3) is 0 Å². The van der Waals surface area contributed by atoms with Crippen molar-refractivity contribution in [3.63, 3.8) is 0 Å². The van der Waals surface area contributed by atoms with Crippen molar-refractivity contribution in [1.82, 2.24) is 9.88 Å². The lowest BCUT2D eigenvalue weighted by atomic mass is 9.91. The summed E-state index contributed by atoms with van der Waals surface area (Å²) in [6, 6.07) is 5.20. The van der Waals surface area contributed by atoms with E-state index in [1.54, 1.807) is 24.4 Å². The number of aromatic nitrogens is 1. The van der Waals surface area contributed by atoms with E-state index in [0.29, 0.717) is 5.69 Å². The van der Waals surface area contributed by atoms with Gasteiger partial charge >= 0.3 is 6.98 Å². The van der Waals surface area contributed by atoms with Crippen molar-refractivity contribution in [2.75, 3.05) is 13.5 Å². The second-order valence-corrected chi connectivity index (χ2v) is 3.23. The summed E-state index contributed by atoms with van der Waals surface area (Å²) >= 11 is 0. The Hall–Kier alpha value is -1.04. The monoisotopic (exact) mass is 203 g/mol. The minimum absolute atomic E-state index is 0.224. The lowest BCUT2D eigenvalue weighted by Crippen LogP contribution is -2.35. The zero-order chi connectivity index (χ0) is 10.6. The molecule has 2 nitrogen and oxygen atoms in total. The fourth-order valence-electron chi connectivity index (χ4n) is 1.19. The third kappa shape index (κ3) is 4.27. The van der Waals surface area contributed by atoms with E-state index < -0.39 is 13.4 Å². The van der Waals surface area contributed by atoms with Gasteiger partial charge in [-0.15, -0.1) is 0 Å². The lowest BCUT2D eigenvalue weighted by molar-refractivity contribution is 0.319. The molecule has 0 amide bonds. The Labute approximate surface area is 80.8 Å². The Morgan fingerprint density at radius 1 is 1.36 bits per heavy atom. The van der Waals surface area contributed by atoms with Gasteiger partial charge in [-0.1, -0.05) is 6.07 Å². The highest BCUT2D eigenvalue weighted by Crippen LogP contribution is 2.10. The summed E-state index contributed by atoms with van der Waals surface area (Å²) in [5.74, 6) is 0. The Morgan fingerprint density at radius 2 is 2.07 bits per heavy atom. The first-order chi connectivity index (χ1) is 6.47. The van der Waals surface area contributed by atoms with Gasteiger partial charge in [0.15, 0.2) is 0 Å². The molecular formula is C8H11BF3N2-. The van der Waals surface area contributed by atoms with E-state index in [0.717, 1.165) is 0 Å². The van der Waals surface area contributed by atoms with Crippen LogP contribution in [0.15, 0.2) is 24.4 Å². The molecule has 0 saturated heterocycles. The first-order valence-corrected chi connectivity index (χ1v) is 4.27. The topological polar surface area (TPSA) is 16.1 Å². The summed E-state index contributed by atoms with van der Waals surface area (Å²) in [5.41, 5.74) is 0.648. The molecule has 0 atom stereocenters. The molecule has 1 heterocycles. The molecule has 0 bridgehead atoms. The van der Waals surface area contributed by atoms with E-state index in [9.17, 15) is 12.9 Å². The number of pyridine rings is 1. The third-order valence-electron chi connectivity index (χ3n) is 1.68. The molecule has 0 aliphatic heterocycles. The molecule has 0 spiro atoms. The average Bonchev–Trinajstić information content (AvgIpc) is 2.02. The van der Waals surface area contributed by atoms with E-state index in [4.69, 9.17) is 0 Å². The Morgan fingerprint density at radius 3 is 2.57 bits per heavy atom. The van der Waals surface area contributed by atoms with Crippen molar-refractivity contribution < 1.29 is 12.9 Å². The molecule has 14 heavy (non-hydrogen) atoms. The van der Waals surface area contributed by atoms with Crippen LogP contribution in [-0.4, -0.2) is 30.4 Å². The van der Waals surface area contributed by atoms with E-state index >= 15 is 0 Å². The fourth-order valence-corrected chi connectivity index (χ4v) is 1.19. The van der Waals surface area contributed by atoms with Crippen LogP contribution in [0.3, 0.4) is 0 Å². The van der Waals surface area contributed by atoms with E-state index in [1.165, 1.54) is 11.9 Å². The van der Waals surface area contributed by atoms with Crippen LogP contribution in [0.4, 0.5) is 12.9 Å². The highest BCUT2D eigenvalue weighted by Gasteiger charge is 2.24. The molecule has 0 aromatic carbocycles. The maximum absolute atomic E-state index is 12.0. The normalized spacial score (nSPS) is 12.1. The van der Waals surface area contributed by atoms with Crippen LogP contribution >= 0.6 is 0 Å². The molecule has 0 saturated carbocycles. The van der Waals surface area contributed by atoms with Gasteiger partial charge in [0, 0.05) is 12.7 Å². The lowest BCUT2D eigenvalue weighted by Gasteiger charge is -2.22. The van der Waals surface area contributed by atoms with Crippen molar-refractivity contribution in [1.29, 1.82) is 0 Å². The van der Waals surface area contributed by atoms with Crippen molar-refractivity contribution in [2.45, 2.75) is 6.54 Å². The van der Waals surface area contributed by atoms with Crippen LogP contribution in [0.2, 0.25) is 0 Å². The van der Waals surface area contributed by atoms with Gasteiger partial charge in [0.1, 0.15) is 0 Å². The van der Waals surface area contributed by atoms with Gasteiger partial charge in [-0.3, -0.25) is 4.98 Å². The number of hydrogen-bond acceptors (Lipinski definition) is 2. The van der Waals surface area contributed by atoms with Gasteiger partial charge < -0.3 is 17.8 Å². The molecular weight excluding hydrogens is 192 g/mol. The summed E-state index contributed by atoms with van der Waals surface area (Å²) in [6.07, 6.45) is 0.721. The quantitative estimate of drug-likeness (QED) is 0.694. The maximum atomic E-state index is 12.0. The van der Waals surface area contributed by atoms with Gasteiger partial charge in [-0.05, 0) is 25.6 Å². The van der Waals surface area contributed by atoms with Crippen LogP contribution in [0.25, 0.3) is 0 Å². The second-order valence-electron chi connectivity index (χ2n) is 3.23. The van der Waals surface area contributed by atoms with Gasteiger partial charge in [0.05, 0.1) is 5.69 Å². The SMILES string of the molecule is CN(Cc1ccccn1)C[B-](F)(F)F. The van der Waals surface area contributed by atoms with Crippen molar-refractivity contribution in [2.24, 2.45) is 0 Å². The zero-order valence-electron chi connectivity index (χ0n) is 7.83. The number of nitrogens with zero attached hydrogens (tertiary/aromatic N) is 2. The minimum Gasteiger partial charge on any atom is -0.448 e. The number of rotatable bonds is 4. The smallest absolute Gasteiger partial charge is 0.448 e. The molecule has 0 fully saturated rings. The highest BCUT2D eigenvalue weighted by atomic mass is 19.4. The second kappa shape index (κ2) is 4.46. The Balaban J connectivity index is 2.46. The maximum Gasteiger partial charge on any atom is 0.492 e. The van der Waals surface area contributed by atoms with E-state index in [-0.39, 0.29) is 6.54 Å². The van der Waals surface area contributed by atoms with Gasteiger partial charge in [-0.2, -0.15) is 0 Å². The fraction of sp³-hybridized carbons (Fsp3) is 0.375. The number of halogens is 3. The third-order valence-corrected chi connectivity index (χ3v) is 1.68. The number of hydrogen-bond donors (Lipinski definition) is 0. The summed E-state index contributed by atoms with van der Waals surface area (Å²) in [5, 5.41) is 0. The van der Waals surface area contributed by atoms with Crippen LogP contribution in [0.1, 0.15) is 5.69 Å². The Bertz CT molecular complexity index is 276. The molecule has 0 radical (unpaired) electrons. The molecule has 1 aromatic heterocycles. The van der Waals surface area contributed by atoms with Crippen molar-refractivity contribution in [3.8, 4) is 0 Å². The van der Waals surface area contributed by atoms with Crippen molar-refractivity contribution >= 4 is 6.98 Å². The predicted octanol–water partition coefficient (Wildman–Crippen LogP) is 1.90. The molecule has 1 aromatic rings. The van der Waals surface area contributed by atoms with Gasteiger partial charge in [-0.25, -0.2) is 0 Å². The molecule has 6 heteroatoms. The van der Waals surface area contributed by atoms with E-state index in [2.05, 4.69) is 4.98 Å². The Kier molecular flexibility index (Phi) is 3.52. The average molecular weight is 203 g/mol. The first kappa shape index (κ1) is 11.0. The zero-order valence-corrected chi connectivity index (χ0v) is 7.83. The van der Waals surface area contributed by atoms with Crippen LogP contribution in [-0.2, 0) is 6.54 Å². The van der Waals surface area contributed by atoms with E-state index in [1.807, 2.05) is 0 Å². The summed E-state index contributed by atoms with van der Waals surface area (Å²) in [7, 11) is 1.43. The molecule has 0 unspecified atom stereocenters. The van der Waals surface area contributed by atoms with Crippen LogP contribution in [0.5, 0.6) is 0 Å². The van der Waals surface area contributed by atoms with Crippen molar-refractivity contribution in [3.05, 3.63) is 30.1 Å². The standard InChI is InChI=1S/C8H11BF3N2/c1-14(7-9(10,11)12)6-8-4-2-3-5-13-8/h2-5H,6-7H2,1H3/q-1. The summed E-state index contributed by atoms with van der Waals surface area (Å²) < 4.78 is 36.0. The molecule has 0 aliphatic carbocycles. The first-order valence-electron chi connectivity index (χ1n) is 4.27.